The van der Waals surface area contributed by atoms with Crippen molar-refractivity contribution in [1.82, 2.24) is 9.97 Å². The number of nitrogens with zero attached hydrogens (tertiary/aromatic N) is 1. The van der Waals surface area contributed by atoms with E-state index >= 15 is 0 Å². The smallest absolute Gasteiger partial charge is 0.340 e. The van der Waals surface area contributed by atoms with E-state index in [0.29, 0.717) is 5.56 Å². The van der Waals surface area contributed by atoms with E-state index in [4.69, 9.17) is 0 Å². The number of carbonyl (C=O) groups is 1. The van der Waals surface area contributed by atoms with E-state index in [1.54, 1.807) is 18.6 Å². The lowest BCUT2D eigenvalue weighted by Crippen LogP contribution is -1.99. The van der Waals surface area contributed by atoms with Crippen molar-refractivity contribution in [2.24, 2.45) is 0 Å². The van der Waals surface area contributed by atoms with Crippen molar-refractivity contribution in [3.05, 3.63) is 28.6 Å². The zero-order valence-electron chi connectivity index (χ0n) is 7.37. The number of esters is 1. The van der Waals surface area contributed by atoms with Crippen LogP contribution in [0.1, 0.15) is 10.4 Å². The number of hydrogen-bond acceptors (Lipinski definition) is 3. The molecule has 0 aliphatic heterocycles. The fourth-order valence-corrected chi connectivity index (χ4v) is 1.73. The Labute approximate surface area is 88.4 Å². The summed E-state index contributed by atoms with van der Waals surface area (Å²) in [5.74, 6) is -0.365. The molecule has 2 rings (SSSR count). The first-order chi connectivity index (χ1) is 6.74. The Kier molecular flexibility index (Phi) is 2.25. The standard InChI is InChI=1S/C9H7BrN2O2/c1-14-9(13)6-3-12-8-5(6)2-11-4-7(8)10/h2-4,12H,1H3. The summed E-state index contributed by atoms with van der Waals surface area (Å²) in [4.78, 5) is 18.3. The first kappa shape index (κ1) is 9.21. The topological polar surface area (TPSA) is 55.0 Å². The summed E-state index contributed by atoms with van der Waals surface area (Å²) in [5, 5.41) is 0.756. The quantitative estimate of drug-likeness (QED) is 0.794. The van der Waals surface area contributed by atoms with Gasteiger partial charge in [-0.05, 0) is 15.9 Å². The van der Waals surface area contributed by atoms with E-state index < -0.39 is 0 Å². The highest BCUT2D eigenvalue weighted by Gasteiger charge is 2.13. The molecule has 2 heterocycles. The number of halogens is 1. The van der Waals surface area contributed by atoms with E-state index in [9.17, 15) is 4.79 Å². The maximum absolute atomic E-state index is 11.3. The molecular weight excluding hydrogens is 248 g/mol. The normalized spacial score (nSPS) is 10.4. The minimum Gasteiger partial charge on any atom is -0.465 e. The zero-order valence-corrected chi connectivity index (χ0v) is 8.96. The largest absolute Gasteiger partial charge is 0.465 e. The Balaban J connectivity index is 2.70. The minimum atomic E-state index is -0.365. The van der Waals surface area contributed by atoms with Gasteiger partial charge in [0, 0.05) is 24.0 Å². The number of hydrogen-bond donors (Lipinski definition) is 1. The van der Waals surface area contributed by atoms with Crippen LogP contribution in [0.15, 0.2) is 23.1 Å². The highest BCUT2D eigenvalue weighted by molar-refractivity contribution is 9.10. The number of H-pyrrole nitrogens is 1. The Hall–Kier alpha value is -1.36. The van der Waals surface area contributed by atoms with Crippen LogP contribution in [0.25, 0.3) is 10.9 Å². The lowest BCUT2D eigenvalue weighted by atomic mass is 10.2. The van der Waals surface area contributed by atoms with Crippen LogP contribution < -0.4 is 0 Å². The van der Waals surface area contributed by atoms with Gasteiger partial charge < -0.3 is 9.72 Å². The summed E-state index contributed by atoms with van der Waals surface area (Å²) in [6, 6.07) is 0. The fourth-order valence-electron chi connectivity index (χ4n) is 1.29. The molecule has 4 nitrogen and oxygen atoms in total. The van der Waals surface area contributed by atoms with E-state index in [1.807, 2.05) is 0 Å². The lowest BCUT2D eigenvalue weighted by molar-refractivity contribution is 0.0603. The second-order valence-corrected chi connectivity index (χ2v) is 3.59. The molecular formula is C9H7BrN2O2. The monoisotopic (exact) mass is 254 g/mol. The van der Waals surface area contributed by atoms with Crippen molar-refractivity contribution in [3.8, 4) is 0 Å². The Morgan fingerprint density at radius 1 is 1.57 bits per heavy atom. The first-order valence-corrected chi connectivity index (χ1v) is 4.72. The SMILES string of the molecule is COC(=O)c1c[nH]c2c(Br)cncc12. The lowest BCUT2D eigenvalue weighted by Gasteiger charge is -1.96. The van der Waals surface area contributed by atoms with Crippen molar-refractivity contribution < 1.29 is 9.53 Å². The molecule has 72 valence electrons. The fraction of sp³-hybridized carbons (Fsp3) is 0.111. The zero-order chi connectivity index (χ0) is 10.1. The minimum absolute atomic E-state index is 0.365. The summed E-state index contributed by atoms with van der Waals surface area (Å²) < 4.78 is 5.46. The Morgan fingerprint density at radius 3 is 3.07 bits per heavy atom. The predicted molar refractivity (Wildman–Crippen MR) is 55.1 cm³/mol. The summed E-state index contributed by atoms with van der Waals surface area (Å²) in [7, 11) is 1.35. The number of carbonyl (C=O) groups excluding carboxylic acids is 1. The number of aromatic amines is 1. The van der Waals surface area contributed by atoms with Crippen molar-refractivity contribution in [2.75, 3.05) is 7.11 Å². The van der Waals surface area contributed by atoms with E-state index in [2.05, 4.69) is 30.6 Å². The van der Waals surface area contributed by atoms with Crippen molar-refractivity contribution in [2.45, 2.75) is 0 Å². The van der Waals surface area contributed by atoms with E-state index in [-0.39, 0.29) is 5.97 Å². The maximum atomic E-state index is 11.3. The Bertz CT molecular complexity index is 493. The molecule has 0 atom stereocenters. The van der Waals surface area contributed by atoms with Crippen LogP contribution in [0.5, 0.6) is 0 Å². The summed E-state index contributed by atoms with van der Waals surface area (Å²) in [6.07, 6.45) is 4.91. The molecule has 0 aromatic carbocycles. The van der Waals surface area contributed by atoms with Gasteiger partial charge in [0.1, 0.15) is 0 Å². The average molecular weight is 255 g/mol. The number of nitrogens with one attached hydrogen (secondary N) is 1. The van der Waals surface area contributed by atoms with E-state index in [0.717, 1.165) is 15.4 Å². The van der Waals surface area contributed by atoms with Crippen LogP contribution in [0, 0.1) is 0 Å². The van der Waals surface area contributed by atoms with Crippen molar-refractivity contribution in [1.29, 1.82) is 0 Å². The number of ether oxygens (including phenoxy) is 1. The molecule has 0 amide bonds. The number of rotatable bonds is 1. The molecule has 0 radical (unpaired) electrons. The van der Waals surface area contributed by atoms with Crippen molar-refractivity contribution >= 4 is 32.8 Å². The molecule has 1 N–H and O–H groups in total. The molecule has 2 aromatic rings. The molecule has 0 bridgehead atoms. The molecule has 5 heteroatoms. The van der Waals surface area contributed by atoms with Gasteiger partial charge >= 0.3 is 5.97 Å². The predicted octanol–water partition coefficient (Wildman–Crippen LogP) is 2.11. The van der Waals surface area contributed by atoms with Crippen LogP contribution in [0.3, 0.4) is 0 Å². The first-order valence-electron chi connectivity index (χ1n) is 3.93. The molecule has 0 spiro atoms. The molecule has 2 aromatic heterocycles. The third-order valence-electron chi connectivity index (χ3n) is 1.96. The molecule has 0 fully saturated rings. The highest BCUT2D eigenvalue weighted by atomic mass is 79.9. The van der Waals surface area contributed by atoms with Gasteiger partial charge in [-0.1, -0.05) is 0 Å². The van der Waals surface area contributed by atoms with Gasteiger partial charge in [-0.15, -0.1) is 0 Å². The van der Waals surface area contributed by atoms with Gasteiger partial charge in [-0.25, -0.2) is 4.79 Å². The second kappa shape index (κ2) is 3.42. The number of fused-ring (bicyclic) bond motifs is 1. The number of aromatic nitrogens is 2. The second-order valence-electron chi connectivity index (χ2n) is 2.74. The van der Waals surface area contributed by atoms with Gasteiger partial charge in [-0.2, -0.15) is 0 Å². The molecule has 0 aliphatic carbocycles. The molecule has 0 unspecified atom stereocenters. The summed E-state index contributed by atoms with van der Waals surface area (Å²) >= 11 is 3.34. The summed E-state index contributed by atoms with van der Waals surface area (Å²) in [5.41, 5.74) is 1.34. The van der Waals surface area contributed by atoms with E-state index in [1.165, 1.54) is 7.11 Å². The van der Waals surface area contributed by atoms with Gasteiger partial charge in [-0.3, -0.25) is 4.98 Å². The number of methoxy groups -OCH3 is 1. The number of pyridine rings is 1. The van der Waals surface area contributed by atoms with Crippen LogP contribution in [0.2, 0.25) is 0 Å². The van der Waals surface area contributed by atoms with Gasteiger partial charge in [0.15, 0.2) is 0 Å². The molecule has 0 aliphatic rings. The highest BCUT2D eigenvalue weighted by Crippen LogP contribution is 2.24. The van der Waals surface area contributed by atoms with Gasteiger partial charge in [0.2, 0.25) is 0 Å². The third kappa shape index (κ3) is 1.29. The molecule has 14 heavy (non-hydrogen) atoms. The molecule has 0 saturated carbocycles. The average Bonchev–Trinajstić information content (AvgIpc) is 2.62. The van der Waals surface area contributed by atoms with Gasteiger partial charge in [0.05, 0.1) is 22.7 Å². The van der Waals surface area contributed by atoms with Crippen molar-refractivity contribution in [3.63, 3.8) is 0 Å². The van der Waals surface area contributed by atoms with Gasteiger partial charge in [0.25, 0.3) is 0 Å². The van der Waals surface area contributed by atoms with Crippen LogP contribution in [-0.2, 0) is 4.74 Å². The van der Waals surface area contributed by atoms with Crippen LogP contribution in [0.4, 0.5) is 0 Å². The van der Waals surface area contributed by atoms with Crippen LogP contribution in [-0.4, -0.2) is 23.0 Å². The van der Waals surface area contributed by atoms with Crippen LogP contribution >= 0.6 is 15.9 Å². The summed E-state index contributed by atoms with van der Waals surface area (Å²) in [6.45, 7) is 0. The third-order valence-corrected chi connectivity index (χ3v) is 2.56. The molecule has 0 saturated heterocycles. The maximum Gasteiger partial charge on any atom is 0.340 e. The Morgan fingerprint density at radius 2 is 2.36 bits per heavy atom.